The second kappa shape index (κ2) is 10.7. The Morgan fingerprint density at radius 3 is 2.30 bits per heavy atom. The number of H-pyrrole nitrogens is 2. The predicted molar refractivity (Wildman–Crippen MR) is 148 cm³/mol. The van der Waals surface area contributed by atoms with Crippen molar-refractivity contribution >= 4 is 61.0 Å². The molecule has 228 valence electrons. The number of rotatable bonds is 2. The normalized spacial score (nSPS) is 32.8. The average molecular weight is 657 g/mol. The van der Waals surface area contributed by atoms with Crippen LogP contribution in [0.15, 0.2) is 22.2 Å². The zero-order chi connectivity index (χ0) is 30.0. The monoisotopic (exact) mass is 657 g/mol. The number of hydrogen-bond donors (Lipinski definition) is 5. The van der Waals surface area contributed by atoms with Crippen LogP contribution >= 0.6 is 15.0 Å². The van der Waals surface area contributed by atoms with Crippen LogP contribution in [-0.2, 0) is 43.9 Å². The molecule has 7 rings (SSSR count). The molecule has 0 spiro atoms. The first-order chi connectivity index (χ1) is 20.5. The Balaban J connectivity index is 1.15. The lowest BCUT2D eigenvalue weighted by Gasteiger charge is -2.25. The first-order valence-corrected chi connectivity index (χ1v) is 16.4. The Kier molecular flexibility index (Phi) is 7.13. The molecule has 2 bridgehead atoms. The molecule has 43 heavy (non-hydrogen) atoms. The van der Waals surface area contributed by atoms with Crippen LogP contribution in [0.3, 0.4) is 0 Å². The van der Waals surface area contributed by atoms with E-state index in [1.54, 1.807) is 0 Å². The maximum Gasteiger partial charge on any atom is 0.697 e. The number of anilines is 2. The van der Waals surface area contributed by atoms with E-state index < -0.39 is 63.0 Å². The molecule has 7 N–H and O–H groups in total. The van der Waals surface area contributed by atoms with Gasteiger partial charge in [-0.2, -0.15) is 9.97 Å². The quantitative estimate of drug-likeness (QED) is 0.173. The highest BCUT2D eigenvalue weighted by Crippen LogP contribution is 2.51. The highest BCUT2D eigenvalue weighted by atomic mass is 32.5. The molecule has 3 aliphatic rings. The minimum absolute atomic E-state index is 0.00829. The summed E-state index contributed by atoms with van der Waals surface area (Å²) in [6, 6.07) is 0. The lowest BCUT2D eigenvalue weighted by atomic mass is 10.2. The lowest BCUT2D eigenvalue weighted by Crippen LogP contribution is -2.28. The number of aromatic nitrogens is 8. The van der Waals surface area contributed by atoms with Gasteiger partial charge in [-0.3, -0.25) is 28.7 Å². The number of fused-ring (bicyclic) bond motifs is 5. The molecule has 8 atom stereocenters. The minimum atomic E-state index is -3.95. The van der Waals surface area contributed by atoms with Crippen molar-refractivity contribution in [1.29, 1.82) is 0 Å². The van der Waals surface area contributed by atoms with Crippen molar-refractivity contribution in [3.63, 3.8) is 0 Å². The summed E-state index contributed by atoms with van der Waals surface area (Å²) in [7, 11) is -2.68. The summed E-state index contributed by atoms with van der Waals surface area (Å²) in [5.74, 6) is -0.250. The Morgan fingerprint density at radius 2 is 1.60 bits per heavy atom. The first kappa shape index (κ1) is 28.5. The van der Waals surface area contributed by atoms with E-state index >= 15 is 0 Å². The number of aromatic amines is 2. The summed E-state index contributed by atoms with van der Waals surface area (Å²) in [6.07, 6.45) is -2.18. The van der Waals surface area contributed by atoms with Crippen LogP contribution in [0.5, 0.6) is 0 Å². The van der Waals surface area contributed by atoms with Crippen LogP contribution < -0.4 is 22.6 Å². The van der Waals surface area contributed by atoms with Gasteiger partial charge in [-0.25, -0.2) is 9.97 Å². The number of nitrogens with one attached hydrogen (secondary N) is 2. The van der Waals surface area contributed by atoms with Crippen LogP contribution in [0.25, 0.3) is 22.3 Å². The van der Waals surface area contributed by atoms with Gasteiger partial charge in [0, 0.05) is 17.4 Å². The van der Waals surface area contributed by atoms with Gasteiger partial charge in [0.15, 0.2) is 28.6 Å². The van der Waals surface area contributed by atoms with Crippen molar-refractivity contribution in [2.75, 3.05) is 24.7 Å². The third kappa shape index (κ3) is 5.37. The zero-order valence-corrected chi connectivity index (χ0v) is 24.3. The molecule has 4 aromatic rings. The second-order valence-electron chi connectivity index (χ2n) is 9.87. The molecule has 0 amide bonds. The number of nitrogen functional groups attached to an aromatic ring is 2. The molecular weight excluding hydrogens is 634 g/mol. The smallest absolute Gasteiger partial charge is 0.369 e. The fourth-order valence-corrected chi connectivity index (χ4v) is 7.47. The minimum Gasteiger partial charge on any atom is -0.369 e. The Labute approximate surface area is 244 Å². The average Bonchev–Trinajstić information content (AvgIpc) is 3.71. The van der Waals surface area contributed by atoms with Crippen molar-refractivity contribution in [3.05, 3.63) is 33.4 Å². The third-order valence-electron chi connectivity index (χ3n) is 7.07. The van der Waals surface area contributed by atoms with Crippen molar-refractivity contribution in [2.24, 2.45) is 0 Å². The topological polar surface area (TPSA) is 272 Å². The number of ether oxygens (including phenoxy) is 2. The highest BCUT2D eigenvalue weighted by Gasteiger charge is 2.48. The fraction of sp³-hybridized carbons (Fsp3) is 0.500. The van der Waals surface area contributed by atoms with Gasteiger partial charge in [0.2, 0.25) is 11.9 Å². The molecule has 4 aromatic heterocycles. The SMILES string of the molecule is Nc1nc2c(ncn2[C@@H]2O[C@@H]3CO[P+](=O)O[C@H]4C[C@H](n5cnc6c(=O)[nH]c(N)nc65)O[C@@H]4COP(O)(=S)OC2C3)c(=O)[nH]1. The van der Waals surface area contributed by atoms with Crippen LogP contribution in [0.4, 0.5) is 11.9 Å². The molecular formula is C20H23N10O10P2S+. The molecule has 7 heterocycles. The maximum absolute atomic E-state index is 12.9. The van der Waals surface area contributed by atoms with Crippen LogP contribution in [0, 0.1) is 0 Å². The second-order valence-corrected chi connectivity index (χ2v) is 13.6. The van der Waals surface area contributed by atoms with E-state index in [0.29, 0.717) is 0 Å². The van der Waals surface area contributed by atoms with Crippen LogP contribution in [0.2, 0.25) is 0 Å². The molecule has 3 fully saturated rings. The summed E-state index contributed by atoms with van der Waals surface area (Å²) in [5, 5.41) is 0. The van der Waals surface area contributed by atoms with Crippen molar-refractivity contribution in [1.82, 2.24) is 39.0 Å². The standard InChI is InChI=1S/C20H22N10O10P2S/c21-19-25-14-12(16(31)27-19)23-5-29(14)11-2-8-10(38-11)4-36-42(34,43)40-9-1-7(3-35-41(33)39-8)37-18(9)30-6-24-13-15(30)26-20(22)28-17(13)32/h5-11,18H,1-4H2,(H6-,21,22,25,26,27,28,31,32,34,43)/p+1/t7-,8-,9?,10+,11+,18+,42?/m0/s1. The van der Waals surface area contributed by atoms with Crippen LogP contribution in [0.1, 0.15) is 25.3 Å². The number of nitrogens with zero attached hydrogens (tertiary/aromatic N) is 6. The van der Waals surface area contributed by atoms with Crippen molar-refractivity contribution < 1.29 is 37.0 Å². The van der Waals surface area contributed by atoms with E-state index in [-0.39, 0.29) is 60.3 Å². The molecule has 20 nitrogen and oxygen atoms in total. The molecule has 0 saturated carbocycles. The van der Waals surface area contributed by atoms with Gasteiger partial charge < -0.3 is 34.9 Å². The van der Waals surface area contributed by atoms with Gasteiger partial charge in [-0.05, 0) is 11.8 Å². The summed E-state index contributed by atoms with van der Waals surface area (Å²) in [5.41, 5.74) is 10.7. The first-order valence-electron chi connectivity index (χ1n) is 12.7. The van der Waals surface area contributed by atoms with Crippen LogP contribution in [-0.4, -0.2) is 81.6 Å². The van der Waals surface area contributed by atoms with Gasteiger partial charge in [-0.1, -0.05) is 0 Å². The lowest BCUT2D eigenvalue weighted by molar-refractivity contribution is -0.0575. The van der Waals surface area contributed by atoms with Crippen molar-refractivity contribution in [2.45, 2.75) is 49.7 Å². The molecule has 3 saturated heterocycles. The highest BCUT2D eigenvalue weighted by molar-refractivity contribution is 8.07. The third-order valence-corrected chi connectivity index (χ3v) is 9.46. The summed E-state index contributed by atoms with van der Waals surface area (Å²) in [6.45, 7) is -4.44. The van der Waals surface area contributed by atoms with E-state index in [2.05, 4.69) is 29.9 Å². The van der Waals surface area contributed by atoms with E-state index in [0.717, 1.165) is 0 Å². The largest absolute Gasteiger partial charge is 0.697 e. The predicted octanol–water partition coefficient (Wildman–Crippen LogP) is -0.316. The summed E-state index contributed by atoms with van der Waals surface area (Å²) in [4.78, 5) is 56.8. The fourth-order valence-electron chi connectivity index (χ4n) is 5.23. The number of nitrogens with two attached hydrogens (primary N) is 2. The molecule has 0 radical (unpaired) electrons. The maximum atomic E-state index is 12.9. The summed E-state index contributed by atoms with van der Waals surface area (Å²) >= 11 is 5.31. The zero-order valence-electron chi connectivity index (χ0n) is 21.7. The molecule has 3 unspecified atom stereocenters. The van der Waals surface area contributed by atoms with E-state index in [9.17, 15) is 19.0 Å². The summed E-state index contributed by atoms with van der Waals surface area (Å²) < 4.78 is 50.7. The van der Waals surface area contributed by atoms with Gasteiger partial charge in [0.05, 0.1) is 25.4 Å². The molecule has 0 aliphatic carbocycles. The van der Waals surface area contributed by atoms with Gasteiger partial charge in [0.1, 0.15) is 31.1 Å². The number of hydrogen-bond acceptors (Lipinski definition) is 16. The van der Waals surface area contributed by atoms with Gasteiger partial charge in [-0.15, -0.1) is 9.05 Å². The van der Waals surface area contributed by atoms with Gasteiger partial charge in [0.25, 0.3) is 11.1 Å². The molecule has 23 heteroatoms. The van der Waals surface area contributed by atoms with Crippen molar-refractivity contribution in [3.8, 4) is 0 Å². The Morgan fingerprint density at radius 1 is 0.953 bits per heavy atom. The Hall–Kier alpha value is -3.23. The van der Waals surface area contributed by atoms with E-state index in [1.807, 2.05) is 0 Å². The molecule has 3 aliphatic heterocycles. The van der Waals surface area contributed by atoms with E-state index in [4.69, 9.17) is 50.8 Å². The number of imidazole rings is 2. The Bertz CT molecular complexity index is 1910. The van der Waals surface area contributed by atoms with E-state index in [1.165, 1.54) is 21.8 Å². The molecule has 0 aromatic carbocycles. The van der Waals surface area contributed by atoms with Gasteiger partial charge >= 0.3 is 15.0 Å².